The summed E-state index contributed by atoms with van der Waals surface area (Å²) < 4.78 is 1.39. The van der Waals surface area contributed by atoms with Crippen molar-refractivity contribution in [2.24, 2.45) is 0 Å². The van der Waals surface area contributed by atoms with E-state index < -0.39 is 0 Å². The van der Waals surface area contributed by atoms with E-state index in [1.54, 1.807) is 0 Å². The van der Waals surface area contributed by atoms with Gasteiger partial charge in [-0.05, 0) is 0 Å². The van der Waals surface area contributed by atoms with Crippen molar-refractivity contribution < 1.29 is 0 Å². The Morgan fingerprint density at radius 1 is 1.31 bits per heavy atom. The second-order valence-electron chi connectivity index (χ2n) is 2.18. The first-order valence-electron chi connectivity index (χ1n) is 3.48. The van der Waals surface area contributed by atoms with E-state index >= 15 is 0 Å². The molecule has 0 aliphatic rings. The number of hydrogen-bond acceptors (Lipinski definition) is 5. The minimum atomic E-state index is 0.230. The highest BCUT2D eigenvalue weighted by Crippen LogP contribution is 2.03. The second kappa shape index (κ2) is 2.98. The molecule has 0 amide bonds. The Balaban J connectivity index is 2.59. The van der Waals surface area contributed by atoms with Gasteiger partial charge in [-0.15, -0.1) is 0 Å². The summed E-state index contributed by atoms with van der Waals surface area (Å²) in [5.41, 5.74) is 0.230. The van der Waals surface area contributed by atoms with Gasteiger partial charge in [0.2, 0.25) is 0 Å². The van der Waals surface area contributed by atoms with Crippen LogP contribution in [-0.2, 0) is 0 Å². The zero-order valence-corrected chi connectivity index (χ0v) is 6.49. The Hall–Kier alpha value is -2.29. The van der Waals surface area contributed by atoms with Gasteiger partial charge in [0, 0.05) is 12.4 Å². The van der Waals surface area contributed by atoms with Crippen LogP contribution in [0.4, 0.5) is 0 Å². The molecule has 2 rings (SSSR count). The molecular formula is C7H4N6. The highest BCUT2D eigenvalue weighted by Gasteiger charge is 2.05. The maximum absolute atomic E-state index is 8.70. The first kappa shape index (κ1) is 7.36. The summed E-state index contributed by atoms with van der Waals surface area (Å²) in [5.74, 6) is 0.391. The normalized spacial score (nSPS) is 9.46. The van der Waals surface area contributed by atoms with Crippen molar-refractivity contribution in [2.75, 3.05) is 0 Å². The average Bonchev–Trinajstić information content (AvgIpc) is 2.70. The molecule has 13 heavy (non-hydrogen) atoms. The van der Waals surface area contributed by atoms with Crippen molar-refractivity contribution >= 4 is 0 Å². The molecule has 0 atom stereocenters. The van der Waals surface area contributed by atoms with Crippen molar-refractivity contribution in [1.29, 1.82) is 5.26 Å². The number of rotatable bonds is 1. The summed E-state index contributed by atoms with van der Waals surface area (Å²) in [5, 5.41) is 12.6. The minimum Gasteiger partial charge on any atom is -0.240 e. The van der Waals surface area contributed by atoms with Gasteiger partial charge in [-0.1, -0.05) is 0 Å². The summed E-state index contributed by atoms with van der Waals surface area (Å²) in [7, 11) is 0. The molecule has 0 saturated carbocycles. The SMILES string of the molecule is N#Cc1nccnc1-n1cncn1. The second-order valence-corrected chi connectivity index (χ2v) is 2.18. The van der Waals surface area contributed by atoms with Crippen LogP contribution in [0.3, 0.4) is 0 Å². The van der Waals surface area contributed by atoms with Gasteiger partial charge in [-0.25, -0.2) is 15.0 Å². The molecule has 2 aromatic rings. The molecule has 0 N–H and O–H groups in total. The summed E-state index contributed by atoms with van der Waals surface area (Å²) in [6.45, 7) is 0. The molecule has 0 fully saturated rings. The fourth-order valence-electron chi connectivity index (χ4n) is 0.895. The molecule has 2 aromatic heterocycles. The molecule has 0 bridgehead atoms. The Kier molecular flexibility index (Phi) is 1.69. The third kappa shape index (κ3) is 1.22. The van der Waals surface area contributed by atoms with Crippen LogP contribution in [0.2, 0.25) is 0 Å². The fourth-order valence-corrected chi connectivity index (χ4v) is 0.895. The molecule has 6 heteroatoms. The lowest BCUT2D eigenvalue weighted by atomic mass is 10.4. The summed E-state index contributed by atoms with van der Waals surface area (Å²) in [4.78, 5) is 11.6. The zero-order valence-electron chi connectivity index (χ0n) is 6.49. The molecular weight excluding hydrogens is 168 g/mol. The van der Waals surface area contributed by atoms with E-state index in [0.717, 1.165) is 0 Å². The van der Waals surface area contributed by atoms with Crippen LogP contribution in [0.15, 0.2) is 25.0 Å². The van der Waals surface area contributed by atoms with Gasteiger partial charge in [0.05, 0.1) is 0 Å². The lowest BCUT2D eigenvalue weighted by Crippen LogP contribution is -2.02. The summed E-state index contributed by atoms with van der Waals surface area (Å²) in [6, 6.07) is 1.92. The highest BCUT2D eigenvalue weighted by atomic mass is 15.3. The first-order chi connectivity index (χ1) is 6.42. The predicted molar refractivity (Wildman–Crippen MR) is 41.7 cm³/mol. The average molecular weight is 172 g/mol. The van der Waals surface area contributed by atoms with Crippen molar-refractivity contribution in [3.63, 3.8) is 0 Å². The van der Waals surface area contributed by atoms with Gasteiger partial charge in [0.1, 0.15) is 18.7 Å². The summed E-state index contributed by atoms with van der Waals surface area (Å²) >= 11 is 0. The number of aromatic nitrogens is 5. The first-order valence-corrected chi connectivity index (χ1v) is 3.48. The number of nitriles is 1. The molecule has 0 unspecified atom stereocenters. The van der Waals surface area contributed by atoms with Gasteiger partial charge in [-0.3, -0.25) is 0 Å². The maximum atomic E-state index is 8.70. The largest absolute Gasteiger partial charge is 0.240 e. The molecule has 0 spiro atoms. The maximum Gasteiger partial charge on any atom is 0.192 e. The molecule has 6 nitrogen and oxygen atoms in total. The Labute approximate surface area is 73.5 Å². The van der Waals surface area contributed by atoms with Crippen LogP contribution in [0, 0.1) is 11.3 Å². The van der Waals surface area contributed by atoms with E-state index in [4.69, 9.17) is 5.26 Å². The van der Waals surface area contributed by atoms with E-state index in [2.05, 4.69) is 20.1 Å². The lowest BCUT2D eigenvalue weighted by Gasteiger charge is -1.98. The van der Waals surface area contributed by atoms with Gasteiger partial charge in [0.25, 0.3) is 0 Å². The molecule has 0 aromatic carbocycles. The van der Waals surface area contributed by atoms with Crippen molar-refractivity contribution in [1.82, 2.24) is 24.7 Å². The highest BCUT2D eigenvalue weighted by molar-refractivity contribution is 5.35. The predicted octanol–water partition coefficient (Wildman–Crippen LogP) is -0.0710. The lowest BCUT2D eigenvalue weighted by molar-refractivity contribution is 0.830. The van der Waals surface area contributed by atoms with Crippen LogP contribution in [0.5, 0.6) is 0 Å². The molecule has 0 radical (unpaired) electrons. The number of hydrogen-bond donors (Lipinski definition) is 0. The minimum absolute atomic E-state index is 0.230. The number of nitrogens with zero attached hydrogens (tertiary/aromatic N) is 6. The smallest absolute Gasteiger partial charge is 0.192 e. The van der Waals surface area contributed by atoms with Crippen LogP contribution in [-0.4, -0.2) is 24.7 Å². The Bertz CT molecular complexity index is 440. The van der Waals surface area contributed by atoms with E-state index in [-0.39, 0.29) is 5.69 Å². The molecule has 0 aliphatic heterocycles. The van der Waals surface area contributed by atoms with Gasteiger partial charge < -0.3 is 0 Å². The van der Waals surface area contributed by atoms with Gasteiger partial charge in [-0.2, -0.15) is 15.0 Å². The van der Waals surface area contributed by atoms with Crippen LogP contribution in [0.1, 0.15) is 5.69 Å². The van der Waals surface area contributed by atoms with Gasteiger partial charge in [0.15, 0.2) is 11.5 Å². The molecule has 62 valence electrons. The van der Waals surface area contributed by atoms with Crippen molar-refractivity contribution in [2.45, 2.75) is 0 Å². The quantitative estimate of drug-likeness (QED) is 0.601. The van der Waals surface area contributed by atoms with Crippen molar-refractivity contribution in [3.8, 4) is 11.9 Å². The van der Waals surface area contributed by atoms with Crippen LogP contribution < -0.4 is 0 Å². The van der Waals surface area contributed by atoms with Crippen LogP contribution >= 0.6 is 0 Å². The fraction of sp³-hybridized carbons (Fsp3) is 0. The van der Waals surface area contributed by atoms with E-state index in [0.29, 0.717) is 5.82 Å². The third-order valence-electron chi connectivity index (χ3n) is 1.42. The van der Waals surface area contributed by atoms with Gasteiger partial charge >= 0.3 is 0 Å². The third-order valence-corrected chi connectivity index (χ3v) is 1.42. The van der Waals surface area contributed by atoms with Crippen LogP contribution in [0.25, 0.3) is 5.82 Å². The van der Waals surface area contributed by atoms with E-state index in [1.165, 1.54) is 29.7 Å². The van der Waals surface area contributed by atoms with E-state index in [9.17, 15) is 0 Å². The Morgan fingerprint density at radius 2 is 2.15 bits per heavy atom. The molecule has 0 aliphatic carbocycles. The Morgan fingerprint density at radius 3 is 2.85 bits per heavy atom. The molecule has 0 saturated heterocycles. The monoisotopic (exact) mass is 172 g/mol. The zero-order chi connectivity index (χ0) is 9.10. The van der Waals surface area contributed by atoms with Crippen molar-refractivity contribution in [3.05, 3.63) is 30.7 Å². The molecule has 2 heterocycles. The topological polar surface area (TPSA) is 80.3 Å². The standard InChI is InChI=1S/C7H4N6/c8-3-6-7(11-2-1-10-6)13-5-9-4-12-13/h1-2,4-5H. The van der Waals surface area contributed by atoms with E-state index in [1.807, 2.05) is 6.07 Å². The summed E-state index contributed by atoms with van der Waals surface area (Å²) in [6.07, 6.45) is 5.79.